The van der Waals surface area contributed by atoms with Crippen molar-refractivity contribution >= 4 is 39.2 Å². The Balaban J connectivity index is 1.71. The monoisotopic (exact) mass is 938 g/mol. The number of aromatic nitrogens is 2. The summed E-state index contributed by atoms with van der Waals surface area (Å²) >= 11 is 1.58. The SMILES string of the molecule is CCCCCCCCCCCCCCCCCCSC[C@H](COP(=O)(O)OP(=O)(O)OC[C@@H]1CC[C@H](n2ccc(N)nc2=O)O1)OC(=O)CCCCCCCCCCCCCC. The Kier molecular flexibility index (Phi) is 32.9. The molecular formula is C45H85N3O11P2S. The maximum Gasteiger partial charge on any atom is 0.481 e. The van der Waals surface area contributed by atoms with Crippen molar-refractivity contribution in [1.29, 1.82) is 0 Å². The Morgan fingerprint density at radius 2 is 1.23 bits per heavy atom. The molecule has 0 amide bonds. The molecule has 0 bridgehead atoms. The summed E-state index contributed by atoms with van der Waals surface area (Å²) < 4.78 is 52.8. The van der Waals surface area contributed by atoms with Crippen molar-refractivity contribution in [1.82, 2.24) is 9.55 Å². The number of rotatable bonds is 42. The standard InChI is InChI=1S/C45H85N3O11P2S/c1-3-5-7-9-11-13-15-17-18-19-20-22-24-26-28-30-36-62-39-41(58-44(49)31-29-27-25-23-21-16-14-12-10-8-6-4-2)38-56-61(53,54)59-60(51,52)55-37-40-32-33-43(57-40)48-35-34-42(46)47-45(48)50/h34-35,40-41,43H,3-33,36-39H2,1-2H3,(H,51,52)(H,53,54)(H2,46,47,50)/t40-,41-,43+/m0/s1. The zero-order chi connectivity index (χ0) is 45.2. The van der Waals surface area contributed by atoms with E-state index in [4.69, 9.17) is 24.3 Å². The summed E-state index contributed by atoms with van der Waals surface area (Å²) in [6.45, 7) is 3.55. The summed E-state index contributed by atoms with van der Waals surface area (Å²) in [6.07, 6.45) is 35.1. The number of carbonyl (C=O) groups is 1. The Morgan fingerprint density at radius 1 is 0.758 bits per heavy atom. The number of thioether (sulfide) groups is 1. The summed E-state index contributed by atoms with van der Waals surface area (Å²) in [4.78, 5) is 49.3. The van der Waals surface area contributed by atoms with E-state index in [1.54, 1.807) is 11.8 Å². The van der Waals surface area contributed by atoms with E-state index < -0.39 is 59.0 Å². The molecule has 1 aromatic heterocycles. The smallest absolute Gasteiger partial charge is 0.459 e. The Hall–Kier alpha value is -1.28. The molecule has 14 nitrogen and oxygen atoms in total. The number of hydrogen-bond donors (Lipinski definition) is 3. The fourth-order valence-corrected chi connectivity index (χ4v) is 10.8. The van der Waals surface area contributed by atoms with E-state index in [1.165, 1.54) is 158 Å². The van der Waals surface area contributed by atoms with Crippen LogP contribution in [0.5, 0.6) is 0 Å². The molecular weight excluding hydrogens is 853 g/mol. The fourth-order valence-electron chi connectivity index (χ4n) is 7.63. The first-order valence-corrected chi connectivity index (χ1v) is 28.5. The molecule has 4 N–H and O–H groups in total. The van der Waals surface area contributed by atoms with Gasteiger partial charge in [-0.1, -0.05) is 181 Å². The number of nitrogens with two attached hydrogens (primary N) is 1. The summed E-state index contributed by atoms with van der Waals surface area (Å²) in [7, 11) is -10.2. The van der Waals surface area contributed by atoms with E-state index in [0.717, 1.165) is 37.9 Å². The number of nitrogens with zero attached hydrogens (tertiary/aromatic N) is 2. The zero-order valence-electron chi connectivity index (χ0n) is 38.5. The second kappa shape index (κ2) is 35.9. The van der Waals surface area contributed by atoms with Gasteiger partial charge in [0.15, 0.2) is 0 Å². The number of phosphoric acid groups is 2. The molecule has 1 aromatic rings. The molecule has 2 heterocycles. The highest BCUT2D eigenvalue weighted by Crippen LogP contribution is 2.60. The van der Waals surface area contributed by atoms with Crippen LogP contribution in [0.2, 0.25) is 0 Å². The van der Waals surface area contributed by atoms with Gasteiger partial charge in [-0.05, 0) is 37.5 Å². The predicted octanol–water partition coefficient (Wildman–Crippen LogP) is 12.8. The first kappa shape index (κ1) is 56.8. The van der Waals surface area contributed by atoms with Gasteiger partial charge in [0.25, 0.3) is 0 Å². The lowest BCUT2D eigenvalue weighted by molar-refractivity contribution is -0.149. The normalized spacial score (nSPS) is 17.8. The molecule has 362 valence electrons. The van der Waals surface area contributed by atoms with Crippen LogP contribution in [0.15, 0.2) is 17.1 Å². The van der Waals surface area contributed by atoms with Crippen molar-refractivity contribution in [3.63, 3.8) is 0 Å². The third-order valence-corrected chi connectivity index (χ3v) is 15.1. The second-order valence-electron chi connectivity index (χ2n) is 17.1. The molecule has 0 aromatic carbocycles. The highest BCUT2D eigenvalue weighted by atomic mass is 32.2. The van der Waals surface area contributed by atoms with Gasteiger partial charge in [-0.25, -0.2) is 13.9 Å². The summed E-state index contributed by atoms with van der Waals surface area (Å²) in [5.74, 6) is 0.835. The molecule has 1 aliphatic heterocycles. The van der Waals surface area contributed by atoms with Gasteiger partial charge in [0.05, 0.1) is 19.3 Å². The van der Waals surface area contributed by atoms with Gasteiger partial charge in [-0.2, -0.15) is 21.1 Å². The van der Waals surface area contributed by atoms with E-state index in [-0.39, 0.29) is 12.2 Å². The van der Waals surface area contributed by atoms with Crippen LogP contribution in [0.3, 0.4) is 0 Å². The van der Waals surface area contributed by atoms with Crippen molar-refractivity contribution in [3.8, 4) is 0 Å². The quantitative estimate of drug-likeness (QED) is 0.0318. The van der Waals surface area contributed by atoms with Crippen LogP contribution in [0, 0.1) is 0 Å². The van der Waals surface area contributed by atoms with Crippen molar-refractivity contribution in [2.45, 2.75) is 231 Å². The summed E-state index contributed by atoms with van der Waals surface area (Å²) in [5.41, 5.74) is 4.95. The molecule has 1 saturated heterocycles. The molecule has 0 saturated carbocycles. The molecule has 2 rings (SSSR count). The Bertz CT molecular complexity index is 1440. The molecule has 5 atom stereocenters. The molecule has 0 aliphatic carbocycles. The van der Waals surface area contributed by atoms with Gasteiger partial charge < -0.3 is 25.0 Å². The third-order valence-electron chi connectivity index (χ3n) is 11.3. The van der Waals surface area contributed by atoms with Gasteiger partial charge in [0, 0.05) is 18.4 Å². The van der Waals surface area contributed by atoms with Crippen molar-refractivity contribution in [2.75, 3.05) is 30.5 Å². The van der Waals surface area contributed by atoms with Gasteiger partial charge in [0.1, 0.15) is 18.1 Å². The minimum Gasteiger partial charge on any atom is -0.459 e. The van der Waals surface area contributed by atoms with E-state index >= 15 is 0 Å². The minimum atomic E-state index is -5.12. The lowest BCUT2D eigenvalue weighted by atomic mass is 10.0. The van der Waals surface area contributed by atoms with Gasteiger partial charge >= 0.3 is 27.3 Å². The zero-order valence-corrected chi connectivity index (χ0v) is 41.1. The van der Waals surface area contributed by atoms with Crippen LogP contribution < -0.4 is 11.4 Å². The molecule has 2 unspecified atom stereocenters. The average Bonchev–Trinajstić information content (AvgIpc) is 3.70. The maximum atomic E-state index is 12.8. The minimum absolute atomic E-state index is 0.0711. The van der Waals surface area contributed by atoms with Crippen LogP contribution in [0.4, 0.5) is 5.82 Å². The van der Waals surface area contributed by atoms with Gasteiger partial charge in [-0.3, -0.25) is 18.4 Å². The van der Waals surface area contributed by atoms with E-state index in [9.17, 15) is 28.5 Å². The topological polar surface area (TPSA) is 199 Å². The number of nitrogen functional groups attached to an aromatic ring is 1. The lowest BCUT2D eigenvalue weighted by Crippen LogP contribution is -2.27. The molecule has 1 aliphatic rings. The van der Waals surface area contributed by atoms with E-state index in [1.807, 2.05) is 0 Å². The van der Waals surface area contributed by atoms with E-state index in [2.05, 4.69) is 23.1 Å². The first-order valence-electron chi connectivity index (χ1n) is 24.4. The summed E-state index contributed by atoms with van der Waals surface area (Å²) in [6, 6.07) is 1.45. The number of hydrogen-bond acceptors (Lipinski definition) is 12. The number of unbranched alkanes of at least 4 members (excludes halogenated alkanes) is 26. The highest BCUT2D eigenvalue weighted by Gasteiger charge is 2.38. The van der Waals surface area contributed by atoms with E-state index in [0.29, 0.717) is 25.0 Å². The molecule has 0 spiro atoms. The number of ether oxygens (including phenoxy) is 2. The summed E-state index contributed by atoms with van der Waals surface area (Å²) in [5, 5.41) is 0. The van der Waals surface area contributed by atoms with Crippen LogP contribution in [0.1, 0.15) is 219 Å². The third kappa shape index (κ3) is 30.0. The largest absolute Gasteiger partial charge is 0.481 e. The van der Waals surface area contributed by atoms with Crippen LogP contribution >= 0.6 is 27.4 Å². The van der Waals surface area contributed by atoms with Gasteiger partial charge in [0.2, 0.25) is 0 Å². The maximum absolute atomic E-state index is 12.8. The van der Waals surface area contributed by atoms with Gasteiger partial charge in [-0.15, -0.1) is 0 Å². The Morgan fingerprint density at radius 3 is 1.73 bits per heavy atom. The van der Waals surface area contributed by atoms with Crippen molar-refractivity contribution in [2.24, 2.45) is 0 Å². The van der Waals surface area contributed by atoms with Crippen molar-refractivity contribution < 1.29 is 46.5 Å². The Labute approximate surface area is 378 Å². The number of phosphoric ester groups is 2. The van der Waals surface area contributed by atoms with Crippen LogP contribution in [0.25, 0.3) is 0 Å². The highest BCUT2D eigenvalue weighted by molar-refractivity contribution is 7.99. The average molecular weight is 938 g/mol. The number of carbonyl (C=O) groups excluding carboxylic acids is 1. The number of esters is 1. The lowest BCUT2D eigenvalue weighted by Gasteiger charge is -2.21. The molecule has 62 heavy (non-hydrogen) atoms. The number of anilines is 1. The molecule has 17 heteroatoms. The van der Waals surface area contributed by atoms with Crippen LogP contribution in [-0.4, -0.2) is 62.2 Å². The predicted molar refractivity (Wildman–Crippen MR) is 251 cm³/mol. The fraction of sp³-hybridized carbons (Fsp3) is 0.889. The van der Waals surface area contributed by atoms with Crippen LogP contribution in [-0.2, 0) is 36.8 Å². The van der Waals surface area contributed by atoms with Crippen molar-refractivity contribution in [3.05, 3.63) is 22.7 Å². The second-order valence-corrected chi connectivity index (χ2v) is 21.3. The molecule has 0 radical (unpaired) electrons. The molecule has 1 fully saturated rings. The first-order chi connectivity index (χ1) is 29.9.